The molecule has 0 spiro atoms. The Kier molecular flexibility index (Phi) is 5.01. The molecule has 0 heterocycles. The van der Waals surface area contributed by atoms with Crippen molar-refractivity contribution in [3.05, 3.63) is 11.6 Å². The van der Waals surface area contributed by atoms with Crippen LogP contribution >= 0.6 is 11.6 Å². The Morgan fingerprint density at radius 2 is 2.38 bits per heavy atom. The number of carboxylic acid groups (broad SMARTS) is 1. The number of rotatable bonds is 6. The van der Waals surface area contributed by atoms with E-state index in [0.29, 0.717) is 0 Å². The van der Waals surface area contributed by atoms with Gasteiger partial charge in [-0.2, -0.15) is 5.53 Å². The number of hydrogen-bond donors (Lipinski definition) is 3. The summed E-state index contributed by atoms with van der Waals surface area (Å²) in [6.07, 6.45) is -0.919. The van der Waals surface area contributed by atoms with E-state index >= 15 is 0 Å². The van der Waals surface area contributed by atoms with Gasteiger partial charge in [-0.25, -0.2) is 0 Å². The fourth-order valence-electron chi connectivity index (χ4n) is 0.675. The van der Waals surface area contributed by atoms with E-state index in [1.54, 1.807) is 0 Å². The maximum Gasteiger partial charge on any atom is 0.324 e. The number of nitrogens with zero attached hydrogens (tertiary/aromatic N) is 1. The van der Waals surface area contributed by atoms with Crippen molar-refractivity contribution in [1.29, 1.82) is 5.53 Å². The molecule has 6 nitrogen and oxygen atoms in total. The number of aliphatic carboxylic acids is 1. The minimum Gasteiger partial charge on any atom is -0.480 e. The first-order chi connectivity index (χ1) is 5.99. The summed E-state index contributed by atoms with van der Waals surface area (Å²) in [5.41, 5.74) is 11.6. The molecule has 0 fully saturated rings. The molecule has 13 heavy (non-hydrogen) atoms. The molecule has 0 amide bonds. The third kappa shape index (κ3) is 4.44. The zero-order chi connectivity index (χ0) is 10.4. The van der Waals surface area contributed by atoms with Gasteiger partial charge in [0.15, 0.2) is 6.10 Å². The first kappa shape index (κ1) is 11.9. The molecule has 0 bridgehead atoms. The summed E-state index contributed by atoms with van der Waals surface area (Å²) in [6.45, 7) is 3.35. The van der Waals surface area contributed by atoms with Crippen LogP contribution in [0.4, 0.5) is 0 Å². The lowest BCUT2D eigenvalue weighted by Crippen LogP contribution is -2.42. The first-order valence-electron chi connectivity index (χ1n) is 3.33. The van der Waals surface area contributed by atoms with Crippen LogP contribution < -0.4 is 5.73 Å². The second-order valence-electron chi connectivity index (χ2n) is 2.32. The zero-order valence-corrected chi connectivity index (χ0v) is 7.49. The van der Waals surface area contributed by atoms with E-state index in [2.05, 4.69) is 16.7 Å². The summed E-state index contributed by atoms with van der Waals surface area (Å²) in [5.74, 6) is -1.24. The quantitative estimate of drug-likeness (QED) is 0.444. The lowest BCUT2D eigenvalue weighted by atomic mass is 10.1. The molecule has 0 saturated carbocycles. The van der Waals surface area contributed by atoms with Crippen LogP contribution in [0.5, 0.6) is 0 Å². The second-order valence-corrected chi connectivity index (χ2v) is 2.86. The fraction of sp³-hybridized carbons (Fsp3) is 0.500. The van der Waals surface area contributed by atoms with Crippen molar-refractivity contribution < 1.29 is 14.7 Å². The van der Waals surface area contributed by atoms with Gasteiger partial charge in [0.2, 0.25) is 0 Å². The summed E-state index contributed by atoms with van der Waals surface area (Å²) >= 11 is 5.43. The minimum atomic E-state index is -1.27. The van der Waals surface area contributed by atoms with Gasteiger partial charge in [0.25, 0.3) is 0 Å². The molecule has 1 unspecified atom stereocenters. The highest BCUT2D eigenvalue weighted by atomic mass is 35.5. The average Bonchev–Trinajstić information content (AvgIpc) is 2.01. The normalized spacial score (nSPS) is 14.3. The smallest absolute Gasteiger partial charge is 0.324 e. The topological polar surface area (TPSA) is 109 Å². The average molecular weight is 208 g/mol. The second kappa shape index (κ2) is 5.50. The lowest BCUT2D eigenvalue weighted by molar-refractivity contribution is -0.142. The van der Waals surface area contributed by atoms with Gasteiger partial charge in [-0.05, 0) is 0 Å². The molecule has 0 radical (unpaired) electrons. The van der Waals surface area contributed by atoms with Gasteiger partial charge in [-0.1, -0.05) is 18.2 Å². The molecule has 0 saturated heterocycles. The molecular formula is C6H10ClN3O3. The third-order valence-electron chi connectivity index (χ3n) is 1.30. The minimum absolute atomic E-state index is 0.0391. The Morgan fingerprint density at radius 3 is 2.69 bits per heavy atom. The van der Waals surface area contributed by atoms with Crippen molar-refractivity contribution >= 4 is 17.6 Å². The first-order valence-corrected chi connectivity index (χ1v) is 3.71. The molecule has 0 aliphatic rings. The van der Waals surface area contributed by atoms with Gasteiger partial charge in [0, 0.05) is 16.7 Å². The molecule has 0 aromatic rings. The van der Waals surface area contributed by atoms with Crippen molar-refractivity contribution in [3.8, 4) is 0 Å². The van der Waals surface area contributed by atoms with Crippen LogP contribution in [-0.2, 0) is 9.63 Å². The maximum absolute atomic E-state index is 10.4. The van der Waals surface area contributed by atoms with Gasteiger partial charge in [-0.15, -0.1) is 0 Å². The Bertz CT molecular complexity index is 221. The van der Waals surface area contributed by atoms with E-state index < -0.39 is 18.1 Å². The highest BCUT2D eigenvalue weighted by Crippen LogP contribution is 2.13. The molecule has 0 aromatic heterocycles. The van der Waals surface area contributed by atoms with E-state index in [1.807, 2.05) is 0 Å². The van der Waals surface area contributed by atoms with Gasteiger partial charge < -0.3 is 15.7 Å². The molecule has 4 N–H and O–H groups in total. The Morgan fingerprint density at radius 1 is 1.85 bits per heavy atom. The zero-order valence-electron chi connectivity index (χ0n) is 6.74. The largest absolute Gasteiger partial charge is 0.480 e. The van der Waals surface area contributed by atoms with Crippen LogP contribution in [0, 0.1) is 5.53 Å². The molecule has 0 rings (SSSR count). The number of halogens is 1. The molecule has 0 aromatic carbocycles. The monoisotopic (exact) mass is 207 g/mol. The van der Waals surface area contributed by atoms with Crippen LogP contribution in [0.2, 0.25) is 0 Å². The molecule has 0 aliphatic carbocycles. The van der Waals surface area contributed by atoms with Gasteiger partial charge >= 0.3 is 5.97 Å². The summed E-state index contributed by atoms with van der Waals surface area (Å²) in [4.78, 5) is 14.8. The van der Waals surface area contributed by atoms with Crippen molar-refractivity contribution in [3.63, 3.8) is 0 Å². The predicted octanol–water partition coefficient (Wildman–Crippen LogP) is 0.872. The fourth-order valence-corrected chi connectivity index (χ4v) is 0.827. The van der Waals surface area contributed by atoms with Crippen molar-refractivity contribution in [2.45, 2.75) is 18.6 Å². The Hall–Kier alpha value is -1.14. The molecule has 74 valence electrons. The van der Waals surface area contributed by atoms with Crippen molar-refractivity contribution in [1.82, 2.24) is 0 Å². The number of hydrogen-bond acceptors (Lipinski definition) is 5. The number of carboxylic acids is 1. The van der Waals surface area contributed by atoms with Gasteiger partial charge in [0.05, 0.1) is 0 Å². The van der Waals surface area contributed by atoms with Crippen LogP contribution in [0.1, 0.15) is 6.42 Å². The number of nitrogens with two attached hydrogens (primary N) is 1. The van der Waals surface area contributed by atoms with Crippen LogP contribution in [-0.4, -0.2) is 23.2 Å². The summed E-state index contributed by atoms with van der Waals surface area (Å²) < 4.78 is 0. The van der Waals surface area contributed by atoms with Crippen molar-refractivity contribution in [2.24, 2.45) is 11.0 Å². The third-order valence-corrected chi connectivity index (χ3v) is 1.45. The molecule has 2 atom stereocenters. The predicted molar refractivity (Wildman–Crippen MR) is 45.2 cm³/mol. The van der Waals surface area contributed by atoms with Crippen LogP contribution in [0.25, 0.3) is 0 Å². The van der Waals surface area contributed by atoms with Crippen molar-refractivity contribution in [2.75, 3.05) is 0 Å². The standard InChI is InChI=1S/C6H10ClN3O3/c1-3(7)2-4(13-10-9)5(8)6(11)12/h4-5,9H,1-2,8H2,(H,11,12)/t4?,5-/m0/s1. The van der Waals surface area contributed by atoms with Crippen LogP contribution in [0.3, 0.4) is 0 Å². The van der Waals surface area contributed by atoms with E-state index in [1.165, 1.54) is 0 Å². The Labute approximate surface area is 79.8 Å². The number of nitrogens with one attached hydrogen (secondary N) is 1. The SMILES string of the molecule is C=C(Cl)CC(ON=N)[C@H](N)C(=O)O. The lowest BCUT2D eigenvalue weighted by Gasteiger charge is -2.16. The van der Waals surface area contributed by atoms with E-state index in [0.717, 1.165) is 0 Å². The summed E-state index contributed by atoms with van der Waals surface area (Å²) in [7, 11) is 0. The Balaban J connectivity index is 4.30. The molecule has 0 aliphatic heterocycles. The summed E-state index contributed by atoms with van der Waals surface area (Å²) in [5, 5.41) is 11.3. The van der Waals surface area contributed by atoms with Gasteiger partial charge in [-0.3, -0.25) is 4.79 Å². The van der Waals surface area contributed by atoms with E-state index in [4.69, 9.17) is 28.0 Å². The van der Waals surface area contributed by atoms with E-state index in [-0.39, 0.29) is 11.5 Å². The summed E-state index contributed by atoms with van der Waals surface area (Å²) in [6, 6.07) is -1.27. The number of carbonyl (C=O) groups is 1. The van der Waals surface area contributed by atoms with Crippen LogP contribution in [0.15, 0.2) is 16.9 Å². The molecular weight excluding hydrogens is 198 g/mol. The van der Waals surface area contributed by atoms with Gasteiger partial charge in [0.1, 0.15) is 6.04 Å². The van der Waals surface area contributed by atoms with E-state index in [9.17, 15) is 4.79 Å². The highest BCUT2D eigenvalue weighted by molar-refractivity contribution is 6.29. The highest BCUT2D eigenvalue weighted by Gasteiger charge is 2.26. The maximum atomic E-state index is 10.4. The molecule has 7 heteroatoms.